The number of rotatable bonds is 9. The molecule has 0 aliphatic carbocycles. The Bertz CT molecular complexity index is 147. The standard InChI is InChI=1S/C10H23NO4/c1-10(2,13)8-11-6-9(12)7-15-5-4-14-3/h9,11-13H,4-8H2,1-3H3. The molecule has 92 valence electrons. The Morgan fingerprint density at radius 2 is 2.00 bits per heavy atom. The molecule has 0 rings (SSSR count). The van der Waals surface area contributed by atoms with Gasteiger partial charge in [-0.05, 0) is 13.8 Å². The molecule has 0 spiro atoms. The van der Waals surface area contributed by atoms with Gasteiger partial charge in [-0.25, -0.2) is 0 Å². The van der Waals surface area contributed by atoms with Crippen molar-refractivity contribution in [2.24, 2.45) is 0 Å². The molecule has 0 heterocycles. The molecule has 0 bridgehead atoms. The molecule has 0 aliphatic rings. The molecule has 0 amide bonds. The van der Waals surface area contributed by atoms with E-state index in [1.54, 1.807) is 21.0 Å². The van der Waals surface area contributed by atoms with Gasteiger partial charge in [-0.3, -0.25) is 0 Å². The molecule has 0 fully saturated rings. The van der Waals surface area contributed by atoms with Crippen molar-refractivity contribution in [2.45, 2.75) is 25.6 Å². The van der Waals surface area contributed by atoms with E-state index in [1.165, 1.54) is 0 Å². The van der Waals surface area contributed by atoms with Crippen molar-refractivity contribution in [3.05, 3.63) is 0 Å². The lowest BCUT2D eigenvalue weighted by atomic mass is 10.1. The van der Waals surface area contributed by atoms with Gasteiger partial charge in [0, 0.05) is 20.2 Å². The highest BCUT2D eigenvalue weighted by atomic mass is 16.5. The predicted molar refractivity (Wildman–Crippen MR) is 57.9 cm³/mol. The zero-order chi connectivity index (χ0) is 11.7. The van der Waals surface area contributed by atoms with Crippen molar-refractivity contribution in [3.8, 4) is 0 Å². The maximum atomic E-state index is 9.44. The molecule has 0 aromatic rings. The fraction of sp³-hybridized carbons (Fsp3) is 1.00. The van der Waals surface area contributed by atoms with Crippen molar-refractivity contribution < 1.29 is 19.7 Å². The van der Waals surface area contributed by atoms with Crippen LogP contribution in [-0.4, -0.2) is 61.9 Å². The monoisotopic (exact) mass is 221 g/mol. The van der Waals surface area contributed by atoms with Crippen LogP contribution in [0.2, 0.25) is 0 Å². The van der Waals surface area contributed by atoms with E-state index < -0.39 is 11.7 Å². The summed E-state index contributed by atoms with van der Waals surface area (Å²) in [6, 6.07) is 0. The van der Waals surface area contributed by atoms with Crippen molar-refractivity contribution in [2.75, 3.05) is 40.0 Å². The van der Waals surface area contributed by atoms with Gasteiger partial charge in [-0.2, -0.15) is 0 Å². The van der Waals surface area contributed by atoms with E-state index in [4.69, 9.17) is 9.47 Å². The van der Waals surface area contributed by atoms with E-state index in [0.29, 0.717) is 26.3 Å². The summed E-state index contributed by atoms with van der Waals surface area (Å²) in [6.07, 6.45) is -0.552. The summed E-state index contributed by atoms with van der Waals surface area (Å²) in [5.41, 5.74) is -0.753. The van der Waals surface area contributed by atoms with E-state index in [1.807, 2.05) is 0 Å². The fourth-order valence-electron chi connectivity index (χ4n) is 0.965. The number of aliphatic hydroxyl groups is 2. The van der Waals surface area contributed by atoms with Crippen LogP contribution in [0.3, 0.4) is 0 Å². The predicted octanol–water partition coefficient (Wildman–Crippen LogP) is -0.629. The van der Waals surface area contributed by atoms with Gasteiger partial charge in [-0.15, -0.1) is 0 Å². The molecule has 5 heteroatoms. The van der Waals surface area contributed by atoms with Crippen LogP contribution in [0, 0.1) is 0 Å². The van der Waals surface area contributed by atoms with Crippen LogP contribution in [0.4, 0.5) is 0 Å². The second-order valence-electron chi connectivity index (χ2n) is 4.16. The smallest absolute Gasteiger partial charge is 0.0897 e. The normalized spacial score (nSPS) is 14.2. The molecule has 0 aliphatic heterocycles. The second kappa shape index (κ2) is 8.01. The summed E-state index contributed by atoms with van der Waals surface area (Å²) in [5, 5.41) is 21.8. The van der Waals surface area contributed by atoms with E-state index in [0.717, 1.165) is 0 Å². The lowest BCUT2D eigenvalue weighted by Gasteiger charge is -2.19. The summed E-state index contributed by atoms with van der Waals surface area (Å²) in [6.45, 7) is 5.58. The third kappa shape index (κ3) is 11.7. The summed E-state index contributed by atoms with van der Waals surface area (Å²) in [5.74, 6) is 0. The molecule has 15 heavy (non-hydrogen) atoms. The SMILES string of the molecule is COCCOCC(O)CNCC(C)(C)O. The zero-order valence-electron chi connectivity index (χ0n) is 9.82. The van der Waals surface area contributed by atoms with Crippen LogP contribution >= 0.6 is 0 Å². The van der Waals surface area contributed by atoms with Crippen molar-refractivity contribution >= 4 is 0 Å². The van der Waals surface area contributed by atoms with Gasteiger partial charge in [0.1, 0.15) is 0 Å². The lowest BCUT2D eigenvalue weighted by Crippen LogP contribution is -2.39. The lowest BCUT2D eigenvalue weighted by molar-refractivity contribution is 0.0106. The molecule has 0 saturated heterocycles. The first-order valence-electron chi connectivity index (χ1n) is 5.13. The maximum absolute atomic E-state index is 9.44. The molecule has 0 radical (unpaired) electrons. The molecule has 0 aromatic carbocycles. The van der Waals surface area contributed by atoms with Crippen LogP contribution in [0.5, 0.6) is 0 Å². The highest BCUT2D eigenvalue weighted by Crippen LogP contribution is 1.97. The number of aliphatic hydroxyl groups excluding tert-OH is 1. The average molecular weight is 221 g/mol. The molecule has 0 aromatic heterocycles. The first-order chi connectivity index (χ1) is 6.95. The summed E-state index contributed by atoms with van der Waals surface area (Å²) in [4.78, 5) is 0. The highest BCUT2D eigenvalue weighted by Gasteiger charge is 2.12. The van der Waals surface area contributed by atoms with Gasteiger partial charge in [-0.1, -0.05) is 0 Å². The Labute approximate surface area is 91.4 Å². The summed E-state index contributed by atoms with van der Waals surface area (Å²) in [7, 11) is 1.60. The zero-order valence-corrected chi connectivity index (χ0v) is 9.82. The van der Waals surface area contributed by atoms with E-state index >= 15 is 0 Å². The average Bonchev–Trinajstić information content (AvgIpc) is 2.10. The van der Waals surface area contributed by atoms with Crippen molar-refractivity contribution in [1.29, 1.82) is 0 Å². The van der Waals surface area contributed by atoms with Crippen LogP contribution in [-0.2, 0) is 9.47 Å². The van der Waals surface area contributed by atoms with Gasteiger partial charge in [0.2, 0.25) is 0 Å². The van der Waals surface area contributed by atoms with Crippen LogP contribution in [0.15, 0.2) is 0 Å². The minimum absolute atomic E-state index is 0.280. The first kappa shape index (κ1) is 14.8. The van der Waals surface area contributed by atoms with Gasteiger partial charge < -0.3 is 25.0 Å². The quantitative estimate of drug-likeness (QED) is 0.452. The molecule has 0 saturated carbocycles. The number of hydrogen-bond donors (Lipinski definition) is 3. The van der Waals surface area contributed by atoms with Gasteiger partial charge in [0.05, 0.1) is 31.5 Å². The van der Waals surface area contributed by atoms with Crippen LogP contribution in [0.1, 0.15) is 13.8 Å². The summed E-state index contributed by atoms with van der Waals surface area (Å²) < 4.78 is 9.94. The minimum Gasteiger partial charge on any atom is -0.389 e. The Morgan fingerprint density at radius 3 is 2.53 bits per heavy atom. The maximum Gasteiger partial charge on any atom is 0.0897 e. The third-order valence-electron chi connectivity index (χ3n) is 1.68. The van der Waals surface area contributed by atoms with Gasteiger partial charge in [0.15, 0.2) is 0 Å². The number of ether oxygens (including phenoxy) is 2. The van der Waals surface area contributed by atoms with Crippen molar-refractivity contribution in [1.82, 2.24) is 5.32 Å². The Kier molecular flexibility index (Phi) is 7.90. The Morgan fingerprint density at radius 1 is 1.33 bits per heavy atom. The van der Waals surface area contributed by atoms with Gasteiger partial charge in [0.25, 0.3) is 0 Å². The second-order valence-corrected chi connectivity index (χ2v) is 4.16. The fourth-order valence-corrected chi connectivity index (χ4v) is 0.965. The largest absolute Gasteiger partial charge is 0.389 e. The third-order valence-corrected chi connectivity index (χ3v) is 1.68. The van der Waals surface area contributed by atoms with E-state index in [-0.39, 0.29) is 6.61 Å². The highest BCUT2D eigenvalue weighted by molar-refractivity contribution is 4.69. The summed E-state index contributed by atoms with van der Waals surface area (Å²) >= 11 is 0. The minimum atomic E-state index is -0.753. The first-order valence-corrected chi connectivity index (χ1v) is 5.13. The Hall–Kier alpha value is -0.200. The van der Waals surface area contributed by atoms with Crippen LogP contribution < -0.4 is 5.32 Å². The van der Waals surface area contributed by atoms with Gasteiger partial charge >= 0.3 is 0 Å². The molecule has 3 N–H and O–H groups in total. The number of methoxy groups -OCH3 is 1. The van der Waals surface area contributed by atoms with Crippen LogP contribution in [0.25, 0.3) is 0 Å². The number of nitrogens with one attached hydrogen (secondary N) is 1. The molecular formula is C10H23NO4. The van der Waals surface area contributed by atoms with Crippen molar-refractivity contribution in [3.63, 3.8) is 0 Å². The molecule has 1 unspecified atom stereocenters. The van der Waals surface area contributed by atoms with E-state index in [9.17, 15) is 10.2 Å². The molecule has 1 atom stereocenters. The topological polar surface area (TPSA) is 71.0 Å². The molecule has 5 nitrogen and oxygen atoms in total. The molecular weight excluding hydrogens is 198 g/mol. The Balaban J connectivity index is 3.29. The number of hydrogen-bond acceptors (Lipinski definition) is 5. The van der Waals surface area contributed by atoms with E-state index in [2.05, 4.69) is 5.32 Å².